The molecule has 0 aliphatic heterocycles. The third kappa shape index (κ3) is 3.63. The average molecular weight is 298 g/mol. The fourth-order valence-corrected chi connectivity index (χ4v) is 3.07. The molecule has 0 spiro atoms. The predicted octanol–water partition coefficient (Wildman–Crippen LogP) is 3.19. The van der Waals surface area contributed by atoms with Gasteiger partial charge in [-0.05, 0) is 18.4 Å². The van der Waals surface area contributed by atoms with Crippen LogP contribution in [-0.4, -0.2) is 17.6 Å². The minimum absolute atomic E-state index is 0.260. The molecule has 1 saturated carbocycles. The Morgan fingerprint density at radius 2 is 2.15 bits per heavy atom. The SMILES string of the molecule is COC(=O)C(CC1CCCCC1)n1ccc(Cl)cc1=O. The van der Waals surface area contributed by atoms with E-state index in [0.717, 1.165) is 12.8 Å². The summed E-state index contributed by atoms with van der Waals surface area (Å²) in [6.07, 6.45) is 8.15. The largest absolute Gasteiger partial charge is 0.467 e. The zero-order valence-corrected chi connectivity index (χ0v) is 12.4. The molecule has 0 bridgehead atoms. The first-order valence-corrected chi connectivity index (χ1v) is 7.45. The summed E-state index contributed by atoms with van der Waals surface area (Å²) in [6.45, 7) is 0. The zero-order valence-electron chi connectivity index (χ0n) is 11.7. The number of ether oxygens (including phenoxy) is 1. The van der Waals surface area contributed by atoms with E-state index in [0.29, 0.717) is 17.4 Å². The van der Waals surface area contributed by atoms with E-state index in [1.807, 2.05) is 0 Å². The highest BCUT2D eigenvalue weighted by molar-refractivity contribution is 6.30. The van der Waals surface area contributed by atoms with Gasteiger partial charge in [-0.3, -0.25) is 4.79 Å². The van der Waals surface area contributed by atoms with Gasteiger partial charge in [0.1, 0.15) is 6.04 Å². The summed E-state index contributed by atoms with van der Waals surface area (Å²) in [6, 6.07) is 2.41. The molecule has 4 nitrogen and oxygen atoms in total. The van der Waals surface area contributed by atoms with Gasteiger partial charge in [-0.25, -0.2) is 4.79 Å². The monoisotopic (exact) mass is 297 g/mol. The molecule has 1 aromatic heterocycles. The summed E-state index contributed by atoms with van der Waals surface area (Å²) in [5, 5.41) is 0.382. The van der Waals surface area contributed by atoms with Crippen LogP contribution in [0.25, 0.3) is 0 Å². The minimum atomic E-state index is -0.548. The zero-order chi connectivity index (χ0) is 14.5. The number of halogens is 1. The van der Waals surface area contributed by atoms with Crippen LogP contribution in [0.15, 0.2) is 23.1 Å². The molecule has 2 rings (SSSR count). The molecule has 1 unspecified atom stereocenters. The third-order valence-corrected chi connectivity index (χ3v) is 4.24. The average Bonchev–Trinajstić information content (AvgIpc) is 2.46. The maximum absolute atomic E-state index is 12.0. The van der Waals surface area contributed by atoms with Crippen LogP contribution in [0.1, 0.15) is 44.6 Å². The Morgan fingerprint density at radius 3 is 2.75 bits per heavy atom. The Hall–Kier alpha value is -1.29. The van der Waals surface area contributed by atoms with Crippen molar-refractivity contribution in [3.63, 3.8) is 0 Å². The lowest BCUT2D eigenvalue weighted by Crippen LogP contribution is -2.31. The normalized spacial score (nSPS) is 17.7. The molecule has 0 amide bonds. The maximum Gasteiger partial charge on any atom is 0.328 e. The highest BCUT2D eigenvalue weighted by Gasteiger charge is 2.27. The number of carbonyl (C=O) groups is 1. The molecule has 5 heteroatoms. The molecule has 0 radical (unpaired) electrons. The first kappa shape index (κ1) is 15.1. The van der Waals surface area contributed by atoms with E-state index >= 15 is 0 Å². The van der Waals surface area contributed by atoms with E-state index in [9.17, 15) is 9.59 Å². The van der Waals surface area contributed by atoms with Crippen LogP contribution in [-0.2, 0) is 9.53 Å². The summed E-state index contributed by atoms with van der Waals surface area (Å²) in [7, 11) is 1.36. The van der Waals surface area contributed by atoms with Crippen molar-refractivity contribution in [1.82, 2.24) is 4.57 Å². The van der Waals surface area contributed by atoms with Gasteiger partial charge in [-0.15, -0.1) is 0 Å². The number of pyridine rings is 1. The third-order valence-electron chi connectivity index (χ3n) is 4.00. The smallest absolute Gasteiger partial charge is 0.328 e. The number of nitrogens with zero attached hydrogens (tertiary/aromatic N) is 1. The van der Waals surface area contributed by atoms with Crippen LogP contribution >= 0.6 is 11.6 Å². The van der Waals surface area contributed by atoms with E-state index < -0.39 is 6.04 Å². The fourth-order valence-electron chi connectivity index (χ4n) is 2.92. The molecule has 20 heavy (non-hydrogen) atoms. The van der Waals surface area contributed by atoms with E-state index in [4.69, 9.17) is 16.3 Å². The molecule has 1 aliphatic rings. The Kier molecular flexibility index (Phi) is 5.24. The van der Waals surface area contributed by atoms with Crippen LogP contribution < -0.4 is 5.56 Å². The number of methoxy groups -OCH3 is 1. The minimum Gasteiger partial charge on any atom is -0.467 e. The lowest BCUT2D eigenvalue weighted by Gasteiger charge is -2.26. The summed E-state index contributed by atoms with van der Waals surface area (Å²) < 4.78 is 6.30. The lowest BCUT2D eigenvalue weighted by atomic mass is 9.84. The number of hydrogen-bond acceptors (Lipinski definition) is 3. The van der Waals surface area contributed by atoms with Crippen molar-refractivity contribution in [2.45, 2.75) is 44.6 Å². The highest BCUT2D eigenvalue weighted by Crippen LogP contribution is 2.31. The number of rotatable bonds is 4. The van der Waals surface area contributed by atoms with Crippen LogP contribution in [0.3, 0.4) is 0 Å². The van der Waals surface area contributed by atoms with E-state index in [-0.39, 0.29) is 11.5 Å². The van der Waals surface area contributed by atoms with Gasteiger partial charge in [0.15, 0.2) is 0 Å². The van der Waals surface area contributed by atoms with Gasteiger partial charge in [0.25, 0.3) is 5.56 Å². The maximum atomic E-state index is 12.0. The van der Waals surface area contributed by atoms with Gasteiger partial charge < -0.3 is 9.30 Å². The van der Waals surface area contributed by atoms with Crippen molar-refractivity contribution < 1.29 is 9.53 Å². The summed E-state index contributed by atoms with van der Waals surface area (Å²) >= 11 is 5.80. The number of esters is 1. The Labute approximate surface area is 123 Å². The van der Waals surface area contributed by atoms with Gasteiger partial charge in [0, 0.05) is 17.3 Å². The molecule has 1 heterocycles. The van der Waals surface area contributed by atoms with Crippen LogP contribution in [0.5, 0.6) is 0 Å². The Balaban J connectivity index is 2.22. The Morgan fingerprint density at radius 1 is 1.45 bits per heavy atom. The summed E-state index contributed by atoms with van der Waals surface area (Å²) in [5.41, 5.74) is -0.260. The second-order valence-electron chi connectivity index (χ2n) is 5.37. The van der Waals surface area contributed by atoms with Crippen LogP contribution in [0, 0.1) is 5.92 Å². The Bertz CT molecular complexity index is 520. The van der Waals surface area contributed by atoms with Crippen molar-refractivity contribution in [2.75, 3.05) is 7.11 Å². The first-order chi connectivity index (χ1) is 9.61. The van der Waals surface area contributed by atoms with Gasteiger partial charge >= 0.3 is 5.97 Å². The second kappa shape index (κ2) is 6.93. The second-order valence-corrected chi connectivity index (χ2v) is 5.81. The van der Waals surface area contributed by atoms with E-state index in [2.05, 4.69) is 0 Å². The summed E-state index contributed by atoms with van der Waals surface area (Å²) in [5.74, 6) is 0.121. The van der Waals surface area contributed by atoms with Crippen molar-refractivity contribution in [2.24, 2.45) is 5.92 Å². The van der Waals surface area contributed by atoms with Gasteiger partial charge in [0.05, 0.1) is 7.11 Å². The standard InChI is InChI=1S/C15H20ClNO3/c1-20-15(19)13(9-11-5-3-2-4-6-11)17-8-7-12(16)10-14(17)18/h7-8,10-11,13H,2-6,9H2,1H3. The number of hydrogen-bond donors (Lipinski definition) is 0. The van der Waals surface area contributed by atoms with Crippen molar-refractivity contribution in [3.8, 4) is 0 Å². The van der Waals surface area contributed by atoms with Crippen molar-refractivity contribution in [3.05, 3.63) is 33.7 Å². The quantitative estimate of drug-likeness (QED) is 0.802. The molecule has 0 saturated heterocycles. The van der Waals surface area contributed by atoms with Crippen molar-refractivity contribution in [1.29, 1.82) is 0 Å². The number of carbonyl (C=O) groups excluding carboxylic acids is 1. The van der Waals surface area contributed by atoms with Gasteiger partial charge in [-0.1, -0.05) is 43.7 Å². The molecule has 0 aromatic carbocycles. The van der Waals surface area contributed by atoms with Gasteiger partial charge in [0.2, 0.25) is 0 Å². The van der Waals surface area contributed by atoms with Crippen molar-refractivity contribution >= 4 is 17.6 Å². The first-order valence-electron chi connectivity index (χ1n) is 7.07. The molecular formula is C15H20ClNO3. The molecule has 110 valence electrons. The molecule has 1 aliphatic carbocycles. The fraction of sp³-hybridized carbons (Fsp3) is 0.600. The lowest BCUT2D eigenvalue weighted by molar-refractivity contribution is -0.145. The van der Waals surface area contributed by atoms with E-state index in [1.165, 1.54) is 37.0 Å². The molecule has 0 N–H and O–H groups in total. The molecule has 1 atom stereocenters. The van der Waals surface area contributed by atoms with Crippen LogP contribution in [0.2, 0.25) is 5.02 Å². The van der Waals surface area contributed by atoms with Crippen LogP contribution in [0.4, 0.5) is 0 Å². The topological polar surface area (TPSA) is 48.3 Å². The van der Waals surface area contributed by atoms with Gasteiger partial charge in [-0.2, -0.15) is 0 Å². The molecule has 1 aromatic rings. The predicted molar refractivity (Wildman–Crippen MR) is 78.0 cm³/mol. The molecule has 1 fully saturated rings. The highest BCUT2D eigenvalue weighted by atomic mass is 35.5. The van der Waals surface area contributed by atoms with E-state index in [1.54, 1.807) is 12.3 Å². The summed E-state index contributed by atoms with van der Waals surface area (Å²) in [4.78, 5) is 24.0. The number of aromatic nitrogens is 1. The molecular weight excluding hydrogens is 278 g/mol.